The van der Waals surface area contributed by atoms with Gasteiger partial charge >= 0.3 is 0 Å². The van der Waals surface area contributed by atoms with E-state index in [4.69, 9.17) is 25.8 Å². The number of carbonyl (C=O) groups is 1. The number of halogens is 1. The maximum absolute atomic E-state index is 12.5. The van der Waals surface area contributed by atoms with Crippen LogP contribution in [0.3, 0.4) is 0 Å². The molecule has 7 heteroatoms. The summed E-state index contributed by atoms with van der Waals surface area (Å²) in [5.74, 6) is 0.761. The lowest BCUT2D eigenvalue weighted by molar-refractivity contribution is -0.0672. The van der Waals surface area contributed by atoms with Gasteiger partial charge in [-0.25, -0.2) is 0 Å². The molecule has 2 unspecified atom stereocenters. The second kappa shape index (κ2) is 10.00. The molecule has 1 saturated heterocycles. The standard InChI is InChI=1S/C19H29ClN2O4/c1-5-8-25-18-16(20)9-15(10-17(18)24-4)19(23)21-6-7-22-11-13(2)26-14(3)12-22/h9-10,13-14H,5-8,11-12H2,1-4H3,(H,21,23). The van der Waals surface area contributed by atoms with Crippen LogP contribution < -0.4 is 14.8 Å². The van der Waals surface area contributed by atoms with Gasteiger partial charge in [-0.15, -0.1) is 0 Å². The largest absolute Gasteiger partial charge is 0.493 e. The molecule has 1 aliphatic heterocycles. The summed E-state index contributed by atoms with van der Waals surface area (Å²) in [7, 11) is 1.53. The quantitative estimate of drug-likeness (QED) is 0.746. The van der Waals surface area contributed by atoms with Crippen molar-refractivity contribution in [2.75, 3.05) is 39.9 Å². The van der Waals surface area contributed by atoms with Crippen molar-refractivity contribution in [3.8, 4) is 11.5 Å². The molecule has 0 aromatic heterocycles. The topological polar surface area (TPSA) is 60.0 Å². The second-order valence-corrected chi connectivity index (χ2v) is 7.02. The lowest BCUT2D eigenvalue weighted by atomic mass is 10.2. The summed E-state index contributed by atoms with van der Waals surface area (Å²) in [6, 6.07) is 3.27. The Balaban J connectivity index is 1.93. The molecule has 6 nitrogen and oxygen atoms in total. The highest BCUT2D eigenvalue weighted by Gasteiger charge is 2.22. The van der Waals surface area contributed by atoms with E-state index >= 15 is 0 Å². The molecule has 0 bridgehead atoms. The monoisotopic (exact) mass is 384 g/mol. The van der Waals surface area contributed by atoms with Crippen LogP contribution in [-0.2, 0) is 4.74 Å². The molecule has 146 valence electrons. The molecule has 1 aromatic carbocycles. The van der Waals surface area contributed by atoms with Gasteiger partial charge < -0.3 is 19.5 Å². The normalized spacial score (nSPS) is 20.7. The summed E-state index contributed by atoms with van der Waals surface area (Å²) in [5.41, 5.74) is 0.458. The van der Waals surface area contributed by atoms with E-state index in [1.54, 1.807) is 12.1 Å². The van der Waals surface area contributed by atoms with Gasteiger partial charge in [0.1, 0.15) is 0 Å². The first-order valence-corrected chi connectivity index (χ1v) is 9.48. The maximum Gasteiger partial charge on any atom is 0.251 e. The Labute approximate surface area is 160 Å². The number of hydrogen-bond donors (Lipinski definition) is 1. The highest BCUT2D eigenvalue weighted by molar-refractivity contribution is 6.32. The smallest absolute Gasteiger partial charge is 0.251 e. The summed E-state index contributed by atoms with van der Waals surface area (Å²) in [5, 5.41) is 3.31. The van der Waals surface area contributed by atoms with Crippen molar-refractivity contribution in [2.45, 2.75) is 39.4 Å². The van der Waals surface area contributed by atoms with E-state index < -0.39 is 0 Å². The number of carbonyl (C=O) groups excluding carboxylic acids is 1. The van der Waals surface area contributed by atoms with Gasteiger partial charge in [-0.3, -0.25) is 9.69 Å². The molecule has 1 amide bonds. The minimum absolute atomic E-state index is 0.179. The van der Waals surface area contributed by atoms with Gasteiger partial charge in [-0.1, -0.05) is 18.5 Å². The number of amides is 1. The molecule has 1 heterocycles. The lowest BCUT2D eigenvalue weighted by Gasteiger charge is -2.35. The van der Waals surface area contributed by atoms with Gasteiger partial charge in [0.25, 0.3) is 5.91 Å². The first kappa shape index (κ1) is 20.8. The van der Waals surface area contributed by atoms with Gasteiger partial charge in [0.2, 0.25) is 0 Å². The molecule has 0 saturated carbocycles. The number of nitrogens with zero attached hydrogens (tertiary/aromatic N) is 1. The number of hydrogen-bond acceptors (Lipinski definition) is 5. The predicted octanol–water partition coefficient (Wildman–Crippen LogP) is 2.98. The molecule has 1 aromatic rings. The fourth-order valence-electron chi connectivity index (χ4n) is 3.09. The number of ether oxygens (including phenoxy) is 3. The highest BCUT2D eigenvalue weighted by atomic mass is 35.5. The number of methoxy groups -OCH3 is 1. The summed E-state index contributed by atoms with van der Waals surface area (Å²) in [6.07, 6.45) is 1.29. The van der Waals surface area contributed by atoms with Crippen LogP contribution in [0.25, 0.3) is 0 Å². The van der Waals surface area contributed by atoms with Gasteiger partial charge in [0, 0.05) is 31.7 Å². The van der Waals surface area contributed by atoms with E-state index in [9.17, 15) is 4.79 Å². The first-order chi connectivity index (χ1) is 12.4. The fourth-order valence-corrected chi connectivity index (χ4v) is 3.36. The number of morpholine rings is 1. The van der Waals surface area contributed by atoms with E-state index in [-0.39, 0.29) is 18.1 Å². The van der Waals surface area contributed by atoms with Crippen molar-refractivity contribution in [3.05, 3.63) is 22.7 Å². The number of benzene rings is 1. The molecule has 0 aliphatic carbocycles. The van der Waals surface area contributed by atoms with E-state index in [1.807, 2.05) is 6.92 Å². The Hall–Kier alpha value is -1.50. The minimum Gasteiger partial charge on any atom is -0.493 e. The Morgan fingerprint density at radius 3 is 2.65 bits per heavy atom. The van der Waals surface area contributed by atoms with E-state index in [0.29, 0.717) is 35.2 Å². The van der Waals surface area contributed by atoms with Crippen LogP contribution in [0.4, 0.5) is 0 Å². The average Bonchev–Trinajstić information content (AvgIpc) is 2.59. The van der Waals surface area contributed by atoms with Gasteiger partial charge in [-0.2, -0.15) is 0 Å². The Morgan fingerprint density at radius 1 is 1.35 bits per heavy atom. The van der Waals surface area contributed by atoms with Crippen molar-refractivity contribution in [2.24, 2.45) is 0 Å². The van der Waals surface area contributed by atoms with Gasteiger partial charge in [0.05, 0.1) is 30.9 Å². The summed E-state index contributed by atoms with van der Waals surface area (Å²) >= 11 is 6.27. The zero-order valence-corrected chi connectivity index (χ0v) is 16.8. The highest BCUT2D eigenvalue weighted by Crippen LogP contribution is 2.36. The molecule has 1 aliphatic rings. The first-order valence-electron chi connectivity index (χ1n) is 9.10. The molecular weight excluding hydrogens is 356 g/mol. The Morgan fingerprint density at radius 2 is 2.04 bits per heavy atom. The summed E-state index contributed by atoms with van der Waals surface area (Å²) in [6.45, 7) is 9.79. The maximum atomic E-state index is 12.5. The van der Waals surface area contributed by atoms with Crippen LogP contribution in [0.5, 0.6) is 11.5 Å². The van der Waals surface area contributed by atoms with Crippen molar-refractivity contribution in [3.63, 3.8) is 0 Å². The lowest BCUT2D eigenvalue weighted by Crippen LogP contribution is -2.47. The SMILES string of the molecule is CCCOc1c(Cl)cc(C(=O)NCCN2CC(C)OC(C)C2)cc1OC. The molecule has 1 fully saturated rings. The molecular formula is C19H29ClN2O4. The van der Waals surface area contributed by atoms with Crippen LogP contribution in [0, 0.1) is 0 Å². The fraction of sp³-hybridized carbons (Fsp3) is 0.632. The molecule has 2 rings (SSSR count). The summed E-state index contributed by atoms with van der Waals surface area (Å²) < 4.78 is 16.7. The third-order valence-electron chi connectivity index (χ3n) is 4.15. The van der Waals surface area contributed by atoms with Gasteiger partial charge in [0.15, 0.2) is 11.5 Å². The minimum atomic E-state index is -0.179. The van der Waals surface area contributed by atoms with Crippen molar-refractivity contribution in [1.82, 2.24) is 10.2 Å². The molecule has 26 heavy (non-hydrogen) atoms. The van der Waals surface area contributed by atoms with E-state index in [2.05, 4.69) is 24.1 Å². The molecule has 1 N–H and O–H groups in total. The summed E-state index contributed by atoms with van der Waals surface area (Å²) in [4.78, 5) is 14.8. The Bertz CT molecular complexity index is 601. The molecule has 0 spiro atoms. The molecule has 0 radical (unpaired) electrons. The Kier molecular flexibility index (Phi) is 8.00. The van der Waals surface area contributed by atoms with Crippen molar-refractivity contribution in [1.29, 1.82) is 0 Å². The van der Waals surface area contributed by atoms with E-state index in [1.165, 1.54) is 7.11 Å². The van der Waals surface area contributed by atoms with Crippen LogP contribution >= 0.6 is 11.6 Å². The third kappa shape index (κ3) is 5.76. The molecule has 2 atom stereocenters. The zero-order chi connectivity index (χ0) is 19.1. The van der Waals surface area contributed by atoms with E-state index in [0.717, 1.165) is 26.1 Å². The van der Waals surface area contributed by atoms with Crippen molar-refractivity contribution < 1.29 is 19.0 Å². The van der Waals surface area contributed by atoms with Crippen LogP contribution in [0.15, 0.2) is 12.1 Å². The van der Waals surface area contributed by atoms with Crippen LogP contribution in [0.1, 0.15) is 37.6 Å². The van der Waals surface area contributed by atoms with Crippen LogP contribution in [0.2, 0.25) is 5.02 Å². The number of nitrogens with one attached hydrogen (secondary N) is 1. The predicted molar refractivity (Wildman–Crippen MR) is 103 cm³/mol. The van der Waals surface area contributed by atoms with Crippen molar-refractivity contribution >= 4 is 17.5 Å². The average molecular weight is 385 g/mol. The van der Waals surface area contributed by atoms with Crippen LogP contribution in [-0.4, -0.2) is 62.9 Å². The second-order valence-electron chi connectivity index (χ2n) is 6.61. The zero-order valence-electron chi connectivity index (χ0n) is 16.0. The van der Waals surface area contributed by atoms with Gasteiger partial charge in [-0.05, 0) is 32.4 Å². The number of rotatable bonds is 8. The third-order valence-corrected chi connectivity index (χ3v) is 4.43.